The Morgan fingerprint density at radius 2 is 1.63 bits per heavy atom. The maximum absolute atomic E-state index is 12.9. The third-order valence-corrected chi connectivity index (χ3v) is 3.20. The lowest BCUT2D eigenvalue weighted by atomic mass is 10.1. The summed E-state index contributed by atoms with van der Waals surface area (Å²) in [6.07, 6.45) is 3.39. The summed E-state index contributed by atoms with van der Waals surface area (Å²) in [5, 5.41) is 3.45. The average Bonchev–Trinajstić information content (AvgIpc) is 2.39. The van der Waals surface area contributed by atoms with Gasteiger partial charge in [0.15, 0.2) is 0 Å². The van der Waals surface area contributed by atoms with E-state index in [0.29, 0.717) is 0 Å². The van der Waals surface area contributed by atoms with Crippen LogP contribution in [0.2, 0.25) is 0 Å². The predicted molar refractivity (Wildman–Crippen MR) is 73.1 cm³/mol. The molecule has 0 bridgehead atoms. The molecule has 1 heterocycles. The van der Waals surface area contributed by atoms with Crippen molar-refractivity contribution in [2.45, 2.75) is 32.9 Å². The third kappa shape index (κ3) is 3.35. The first-order valence-corrected chi connectivity index (χ1v) is 6.37. The molecule has 3 nitrogen and oxygen atoms in total. The zero-order valence-corrected chi connectivity index (χ0v) is 11.4. The summed E-state index contributed by atoms with van der Waals surface area (Å²) in [6.45, 7) is 6.05. The highest BCUT2D eigenvalue weighted by atomic mass is 19.1. The van der Waals surface area contributed by atoms with Gasteiger partial charge >= 0.3 is 0 Å². The number of nitrogens with one attached hydrogen (secondary N) is 1. The molecule has 0 fully saturated rings. The van der Waals surface area contributed by atoms with E-state index in [1.807, 2.05) is 6.92 Å². The number of aromatic nitrogens is 2. The monoisotopic (exact) mass is 259 g/mol. The summed E-state index contributed by atoms with van der Waals surface area (Å²) in [5.41, 5.74) is 2.92. The van der Waals surface area contributed by atoms with E-state index in [0.717, 1.165) is 17.0 Å². The molecule has 0 aliphatic carbocycles. The average molecular weight is 259 g/mol. The van der Waals surface area contributed by atoms with Crippen LogP contribution in [0.15, 0.2) is 36.7 Å². The van der Waals surface area contributed by atoms with E-state index in [2.05, 4.69) is 29.1 Å². The Bertz CT molecular complexity index is 539. The highest BCUT2D eigenvalue weighted by Gasteiger charge is 2.14. The second-order valence-corrected chi connectivity index (χ2v) is 4.69. The van der Waals surface area contributed by atoms with E-state index in [1.165, 1.54) is 12.1 Å². The van der Waals surface area contributed by atoms with Gasteiger partial charge in [0.05, 0.1) is 11.4 Å². The molecule has 2 aromatic rings. The Hall–Kier alpha value is -1.81. The van der Waals surface area contributed by atoms with E-state index < -0.39 is 0 Å². The van der Waals surface area contributed by atoms with Crippen molar-refractivity contribution in [3.8, 4) is 0 Å². The topological polar surface area (TPSA) is 37.8 Å². The van der Waals surface area contributed by atoms with Crippen molar-refractivity contribution in [1.29, 1.82) is 0 Å². The van der Waals surface area contributed by atoms with Crippen LogP contribution in [0.4, 0.5) is 4.39 Å². The number of aryl methyl sites for hydroxylation is 1. The molecule has 19 heavy (non-hydrogen) atoms. The van der Waals surface area contributed by atoms with Crippen molar-refractivity contribution in [1.82, 2.24) is 15.3 Å². The van der Waals surface area contributed by atoms with Crippen LogP contribution in [0.5, 0.6) is 0 Å². The lowest BCUT2D eigenvalue weighted by molar-refractivity contribution is 0.482. The van der Waals surface area contributed by atoms with Gasteiger partial charge in [-0.3, -0.25) is 9.97 Å². The van der Waals surface area contributed by atoms with Crippen LogP contribution in [0.25, 0.3) is 0 Å². The molecule has 0 spiro atoms. The van der Waals surface area contributed by atoms with Crippen LogP contribution in [-0.2, 0) is 0 Å². The summed E-state index contributed by atoms with van der Waals surface area (Å²) < 4.78 is 12.9. The molecule has 0 radical (unpaired) electrons. The Morgan fingerprint density at radius 3 is 2.26 bits per heavy atom. The van der Waals surface area contributed by atoms with E-state index in [4.69, 9.17) is 0 Å². The highest BCUT2D eigenvalue weighted by molar-refractivity contribution is 5.20. The van der Waals surface area contributed by atoms with Crippen molar-refractivity contribution in [3.63, 3.8) is 0 Å². The van der Waals surface area contributed by atoms with Gasteiger partial charge in [0.25, 0.3) is 0 Å². The summed E-state index contributed by atoms with van der Waals surface area (Å²) in [4.78, 5) is 8.59. The van der Waals surface area contributed by atoms with Crippen molar-refractivity contribution in [3.05, 3.63) is 59.4 Å². The predicted octanol–water partition coefficient (Wildman–Crippen LogP) is 3.34. The number of halogens is 1. The van der Waals surface area contributed by atoms with Crippen LogP contribution >= 0.6 is 0 Å². The van der Waals surface area contributed by atoms with Crippen molar-refractivity contribution in [2.24, 2.45) is 0 Å². The summed E-state index contributed by atoms with van der Waals surface area (Å²) in [5.74, 6) is -0.214. The van der Waals surface area contributed by atoms with Crippen molar-refractivity contribution >= 4 is 0 Å². The van der Waals surface area contributed by atoms with Crippen LogP contribution in [0, 0.1) is 12.7 Å². The Kier molecular flexibility index (Phi) is 4.22. The van der Waals surface area contributed by atoms with Gasteiger partial charge in [-0.1, -0.05) is 12.1 Å². The molecular formula is C15H18FN3. The van der Waals surface area contributed by atoms with Gasteiger partial charge in [0, 0.05) is 24.5 Å². The van der Waals surface area contributed by atoms with Crippen LogP contribution in [-0.4, -0.2) is 9.97 Å². The fourth-order valence-corrected chi connectivity index (χ4v) is 2.15. The molecule has 1 aromatic heterocycles. The second-order valence-electron chi connectivity index (χ2n) is 4.69. The standard InChI is InChI=1S/C15H18FN3/c1-10(13-4-6-14(16)7-5-13)19-12(3)15-11(2)17-8-9-18-15/h4-10,12,19H,1-3H3/t10-,12?/m1/s1. The molecule has 0 aliphatic rings. The zero-order chi connectivity index (χ0) is 13.8. The first kappa shape index (κ1) is 13.6. The van der Waals surface area contributed by atoms with Gasteiger partial charge in [-0.25, -0.2) is 4.39 Å². The minimum Gasteiger partial charge on any atom is -0.302 e. The van der Waals surface area contributed by atoms with Crippen LogP contribution in [0.3, 0.4) is 0 Å². The minimum absolute atomic E-state index is 0.0914. The smallest absolute Gasteiger partial charge is 0.123 e. The molecule has 1 aromatic carbocycles. The van der Waals surface area contributed by atoms with Crippen molar-refractivity contribution < 1.29 is 4.39 Å². The van der Waals surface area contributed by atoms with Gasteiger partial charge in [-0.05, 0) is 38.5 Å². The Morgan fingerprint density at radius 1 is 1.00 bits per heavy atom. The zero-order valence-electron chi connectivity index (χ0n) is 11.4. The van der Waals surface area contributed by atoms with E-state index in [-0.39, 0.29) is 17.9 Å². The number of nitrogens with zero attached hydrogens (tertiary/aromatic N) is 2. The van der Waals surface area contributed by atoms with Gasteiger partial charge < -0.3 is 5.32 Å². The molecule has 2 atom stereocenters. The molecule has 1 N–H and O–H groups in total. The Balaban J connectivity index is 2.08. The molecule has 0 saturated carbocycles. The van der Waals surface area contributed by atoms with E-state index in [9.17, 15) is 4.39 Å². The minimum atomic E-state index is -0.214. The summed E-state index contributed by atoms with van der Waals surface area (Å²) in [6, 6.07) is 6.76. The SMILES string of the molecule is Cc1nccnc1C(C)N[C@H](C)c1ccc(F)cc1. The number of benzene rings is 1. The number of hydrogen-bond donors (Lipinski definition) is 1. The third-order valence-electron chi connectivity index (χ3n) is 3.20. The lowest BCUT2D eigenvalue weighted by Gasteiger charge is -2.20. The normalized spacial score (nSPS) is 14.1. The summed E-state index contributed by atoms with van der Waals surface area (Å²) in [7, 11) is 0. The molecule has 0 amide bonds. The molecule has 0 saturated heterocycles. The fourth-order valence-electron chi connectivity index (χ4n) is 2.15. The number of hydrogen-bond acceptors (Lipinski definition) is 3. The van der Waals surface area contributed by atoms with Gasteiger partial charge in [-0.2, -0.15) is 0 Å². The van der Waals surface area contributed by atoms with Crippen LogP contribution in [0.1, 0.15) is 42.9 Å². The van der Waals surface area contributed by atoms with Crippen LogP contribution < -0.4 is 5.32 Å². The maximum Gasteiger partial charge on any atom is 0.123 e. The quantitative estimate of drug-likeness (QED) is 0.915. The number of rotatable bonds is 4. The van der Waals surface area contributed by atoms with E-state index >= 15 is 0 Å². The van der Waals surface area contributed by atoms with Crippen molar-refractivity contribution in [2.75, 3.05) is 0 Å². The van der Waals surface area contributed by atoms with E-state index in [1.54, 1.807) is 24.5 Å². The molecular weight excluding hydrogens is 241 g/mol. The van der Waals surface area contributed by atoms with Gasteiger partial charge in [-0.15, -0.1) is 0 Å². The van der Waals surface area contributed by atoms with Gasteiger partial charge in [0.1, 0.15) is 5.82 Å². The first-order valence-electron chi connectivity index (χ1n) is 6.37. The Labute approximate surface area is 112 Å². The second kappa shape index (κ2) is 5.89. The molecule has 4 heteroatoms. The molecule has 0 aliphatic heterocycles. The molecule has 2 rings (SSSR count). The fraction of sp³-hybridized carbons (Fsp3) is 0.333. The largest absolute Gasteiger partial charge is 0.302 e. The summed E-state index contributed by atoms with van der Waals surface area (Å²) >= 11 is 0. The molecule has 1 unspecified atom stereocenters. The molecule has 100 valence electrons. The lowest BCUT2D eigenvalue weighted by Crippen LogP contribution is -2.24. The maximum atomic E-state index is 12.9. The highest BCUT2D eigenvalue weighted by Crippen LogP contribution is 2.19. The first-order chi connectivity index (χ1) is 9.08. The van der Waals surface area contributed by atoms with Gasteiger partial charge in [0.2, 0.25) is 0 Å².